The fourth-order valence-electron chi connectivity index (χ4n) is 2.18. The Balaban J connectivity index is 1.85. The summed E-state index contributed by atoms with van der Waals surface area (Å²) >= 11 is 3.12. The molecular weight excluding hydrogens is 312 g/mol. The molecule has 1 aromatic carbocycles. The van der Waals surface area contributed by atoms with Gasteiger partial charge in [-0.2, -0.15) is 0 Å². The lowest BCUT2D eigenvalue weighted by Crippen LogP contribution is -2.34. The Hall–Kier alpha value is -1.33. The van der Waals surface area contributed by atoms with Gasteiger partial charge in [-0.05, 0) is 25.8 Å². The first-order chi connectivity index (χ1) is 10.6. The summed E-state index contributed by atoms with van der Waals surface area (Å²) < 4.78 is 0.954. The normalized spacial score (nSPS) is 13.6. The van der Waals surface area contributed by atoms with Gasteiger partial charge in [0, 0.05) is 23.5 Å². The molecule has 2 aromatic rings. The maximum Gasteiger partial charge on any atom is 0.233 e. The molecule has 0 aliphatic carbocycles. The van der Waals surface area contributed by atoms with Crippen LogP contribution in [0.15, 0.2) is 40.1 Å². The zero-order valence-corrected chi connectivity index (χ0v) is 14.8. The summed E-state index contributed by atoms with van der Waals surface area (Å²) in [6.45, 7) is 6.73. The van der Waals surface area contributed by atoms with Crippen molar-refractivity contribution in [2.75, 3.05) is 6.54 Å². The number of hydrogen-bond donors (Lipinski definition) is 1. The number of amides is 1. The molecule has 0 bridgehead atoms. The number of carbonyl (C=O) groups excluding carboxylic acids is 1. The summed E-state index contributed by atoms with van der Waals surface area (Å²) in [5.74, 6) is 0.441. The average molecular weight is 335 g/mol. The van der Waals surface area contributed by atoms with E-state index in [4.69, 9.17) is 0 Å². The minimum Gasteiger partial charge on any atom is -0.355 e. The molecular formula is C17H22N2OS2. The first kappa shape index (κ1) is 17.0. The van der Waals surface area contributed by atoms with Gasteiger partial charge >= 0.3 is 0 Å². The Kier molecular flexibility index (Phi) is 6.46. The summed E-state index contributed by atoms with van der Waals surface area (Å²) in [6.07, 6.45) is 1.01. The molecule has 0 aliphatic heterocycles. The standard InChI is InChI=1S/C17H22N2OS2/c1-4-14(15-8-6-5-7-9-15)10-18-16(20)13(3)22-17-19-12(2)11-21-17/h5-9,11,13-14H,4,10H2,1-3H3,(H,18,20)/t13-,14+/m0/s1. The number of hydrogen-bond acceptors (Lipinski definition) is 4. The van der Waals surface area contributed by atoms with E-state index in [2.05, 4.69) is 29.4 Å². The summed E-state index contributed by atoms with van der Waals surface area (Å²) in [7, 11) is 0. The zero-order valence-electron chi connectivity index (χ0n) is 13.2. The average Bonchev–Trinajstić information content (AvgIpc) is 2.93. The van der Waals surface area contributed by atoms with Crippen molar-refractivity contribution < 1.29 is 4.79 Å². The van der Waals surface area contributed by atoms with Crippen LogP contribution in [0.1, 0.15) is 37.4 Å². The van der Waals surface area contributed by atoms with Crippen LogP contribution in [0.4, 0.5) is 0 Å². The molecule has 3 nitrogen and oxygen atoms in total. The fraction of sp³-hybridized carbons (Fsp3) is 0.412. The SMILES string of the molecule is CC[C@H](CNC(=O)[C@H](C)Sc1nc(C)cs1)c1ccccc1. The van der Waals surface area contributed by atoms with Crippen LogP contribution in [0.2, 0.25) is 0 Å². The third-order valence-electron chi connectivity index (χ3n) is 3.53. The van der Waals surface area contributed by atoms with Gasteiger partial charge in [0.1, 0.15) is 0 Å². The molecule has 0 spiro atoms. The van der Waals surface area contributed by atoms with Crippen molar-refractivity contribution in [3.63, 3.8) is 0 Å². The highest BCUT2D eigenvalue weighted by atomic mass is 32.2. The van der Waals surface area contributed by atoms with E-state index in [9.17, 15) is 4.79 Å². The quantitative estimate of drug-likeness (QED) is 0.770. The third-order valence-corrected chi connectivity index (χ3v) is 5.72. The molecule has 5 heteroatoms. The first-order valence-electron chi connectivity index (χ1n) is 7.51. The van der Waals surface area contributed by atoms with Gasteiger partial charge in [-0.3, -0.25) is 4.79 Å². The van der Waals surface area contributed by atoms with Crippen molar-refractivity contribution in [1.29, 1.82) is 0 Å². The second kappa shape index (κ2) is 8.34. The molecule has 0 unspecified atom stereocenters. The Bertz CT molecular complexity index is 598. The second-order valence-electron chi connectivity index (χ2n) is 5.28. The van der Waals surface area contributed by atoms with Crippen LogP contribution in [0.25, 0.3) is 0 Å². The number of nitrogens with one attached hydrogen (secondary N) is 1. The van der Waals surface area contributed by atoms with E-state index in [0.717, 1.165) is 16.5 Å². The van der Waals surface area contributed by atoms with E-state index in [1.54, 1.807) is 11.3 Å². The molecule has 1 N–H and O–H groups in total. The number of rotatable bonds is 7. The van der Waals surface area contributed by atoms with Crippen LogP contribution in [0.3, 0.4) is 0 Å². The van der Waals surface area contributed by atoms with Crippen LogP contribution >= 0.6 is 23.1 Å². The van der Waals surface area contributed by atoms with Crippen LogP contribution in [-0.4, -0.2) is 22.7 Å². The fourth-order valence-corrected chi connectivity index (χ4v) is 4.19. The van der Waals surface area contributed by atoms with Crippen LogP contribution in [-0.2, 0) is 4.79 Å². The number of thiazole rings is 1. The number of nitrogens with zero attached hydrogens (tertiary/aromatic N) is 1. The van der Waals surface area contributed by atoms with Gasteiger partial charge in [-0.1, -0.05) is 49.0 Å². The lowest BCUT2D eigenvalue weighted by atomic mass is 9.96. The Labute approximate surface area is 140 Å². The van der Waals surface area contributed by atoms with Gasteiger partial charge in [0.15, 0.2) is 4.34 Å². The molecule has 1 aromatic heterocycles. The summed E-state index contributed by atoms with van der Waals surface area (Å²) in [4.78, 5) is 16.6. The molecule has 0 saturated carbocycles. The van der Waals surface area contributed by atoms with Gasteiger partial charge in [0.25, 0.3) is 0 Å². The van der Waals surface area contributed by atoms with E-state index >= 15 is 0 Å². The van der Waals surface area contributed by atoms with Crippen molar-refractivity contribution in [3.05, 3.63) is 47.0 Å². The third kappa shape index (κ3) is 4.85. The maximum absolute atomic E-state index is 12.3. The topological polar surface area (TPSA) is 42.0 Å². The predicted molar refractivity (Wildman–Crippen MR) is 94.7 cm³/mol. The lowest BCUT2D eigenvalue weighted by Gasteiger charge is -2.17. The minimum atomic E-state index is -0.126. The van der Waals surface area contributed by atoms with Crippen molar-refractivity contribution in [3.8, 4) is 0 Å². The first-order valence-corrected chi connectivity index (χ1v) is 9.27. The Morgan fingerprint density at radius 1 is 1.36 bits per heavy atom. The maximum atomic E-state index is 12.3. The number of benzene rings is 1. The van der Waals surface area contributed by atoms with Gasteiger partial charge in [0.05, 0.1) is 5.25 Å². The molecule has 0 radical (unpaired) electrons. The smallest absolute Gasteiger partial charge is 0.233 e. The molecule has 2 atom stereocenters. The zero-order chi connectivity index (χ0) is 15.9. The second-order valence-corrected chi connectivity index (χ2v) is 7.72. The molecule has 0 aliphatic rings. The van der Waals surface area contributed by atoms with Crippen molar-refractivity contribution >= 4 is 29.0 Å². The van der Waals surface area contributed by atoms with Gasteiger partial charge in [0.2, 0.25) is 5.91 Å². The minimum absolute atomic E-state index is 0.0761. The summed E-state index contributed by atoms with van der Waals surface area (Å²) in [5.41, 5.74) is 2.29. The van der Waals surface area contributed by atoms with Gasteiger partial charge in [-0.15, -0.1) is 11.3 Å². The monoisotopic (exact) mass is 334 g/mol. The van der Waals surface area contributed by atoms with E-state index in [0.29, 0.717) is 12.5 Å². The molecule has 0 fully saturated rings. The molecule has 22 heavy (non-hydrogen) atoms. The summed E-state index contributed by atoms with van der Waals surface area (Å²) in [5, 5.41) is 4.96. The molecule has 118 valence electrons. The number of thioether (sulfide) groups is 1. The lowest BCUT2D eigenvalue weighted by molar-refractivity contribution is -0.120. The van der Waals surface area contributed by atoms with Crippen LogP contribution in [0.5, 0.6) is 0 Å². The number of carbonyl (C=O) groups is 1. The highest BCUT2D eigenvalue weighted by Crippen LogP contribution is 2.26. The predicted octanol–water partition coefficient (Wildman–Crippen LogP) is 4.24. The van der Waals surface area contributed by atoms with Crippen LogP contribution in [0, 0.1) is 6.92 Å². The highest BCUT2D eigenvalue weighted by molar-refractivity contribution is 8.02. The van der Waals surface area contributed by atoms with Gasteiger partial charge in [-0.25, -0.2) is 4.98 Å². The Morgan fingerprint density at radius 3 is 2.68 bits per heavy atom. The van der Waals surface area contributed by atoms with E-state index in [-0.39, 0.29) is 11.2 Å². The molecule has 2 rings (SSSR count). The van der Waals surface area contributed by atoms with Crippen molar-refractivity contribution in [1.82, 2.24) is 10.3 Å². The molecule has 1 amide bonds. The Morgan fingerprint density at radius 2 is 2.09 bits per heavy atom. The van der Waals surface area contributed by atoms with E-state index in [1.807, 2.05) is 37.4 Å². The number of aromatic nitrogens is 1. The molecule has 0 saturated heterocycles. The van der Waals surface area contributed by atoms with Gasteiger partial charge < -0.3 is 5.32 Å². The van der Waals surface area contributed by atoms with E-state index in [1.165, 1.54) is 17.3 Å². The summed E-state index contributed by atoms with van der Waals surface area (Å²) in [6, 6.07) is 10.4. The van der Waals surface area contributed by atoms with Crippen LogP contribution < -0.4 is 5.32 Å². The van der Waals surface area contributed by atoms with Crippen molar-refractivity contribution in [2.45, 2.75) is 42.7 Å². The highest BCUT2D eigenvalue weighted by Gasteiger charge is 2.17. The number of aryl methyl sites for hydroxylation is 1. The molecule has 1 heterocycles. The largest absolute Gasteiger partial charge is 0.355 e. The van der Waals surface area contributed by atoms with E-state index < -0.39 is 0 Å². The van der Waals surface area contributed by atoms with Crippen molar-refractivity contribution in [2.24, 2.45) is 0 Å².